The number of rotatable bonds is 5. The van der Waals surface area contributed by atoms with Crippen molar-refractivity contribution in [3.05, 3.63) is 54.3 Å². The minimum atomic E-state index is -3.27. The lowest BCUT2D eigenvalue weighted by molar-refractivity contribution is -0.118. The van der Waals surface area contributed by atoms with Crippen molar-refractivity contribution in [2.45, 2.75) is 4.90 Å². The zero-order chi connectivity index (χ0) is 16.2. The third kappa shape index (κ3) is 4.56. The minimum absolute atomic E-state index is 0.174. The summed E-state index contributed by atoms with van der Waals surface area (Å²) in [5.74, 6) is -0.414. The number of benzene rings is 2. The summed E-state index contributed by atoms with van der Waals surface area (Å²) in [5, 5.41) is 2.57. The van der Waals surface area contributed by atoms with Crippen LogP contribution in [-0.4, -0.2) is 27.2 Å². The highest BCUT2D eigenvalue weighted by atomic mass is 32.2. The third-order valence-electron chi connectivity index (χ3n) is 2.75. The number of ether oxygens (including phenoxy) is 1. The first-order chi connectivity index (χ1) is 10.3. The van der Waals surface area contributed by atoms with E-state index in [9.17, 15) is 17.6 Å². The predicted molar refractivity (Wildman–Crippen MR) is 80.1 cm³/mol. The summed E-state index contributed by atoms with van der Waals surface area (Å²) < 4.78 is 40.5. The largest absolute Gasteiger partial charge is 0.484 e. The molecule has 7 heteroatoms. The van der Waals surface area contributed by atoms with E-state index in [4.69, 9.17) is 4.74 Å². The Morgan fingerprint density at radius 2 is 1.68 bits per heavy atom. The van der Waals surface area contributed by atoms with E-state index in [2.05, 4.69) is 5.32 Å². The summed E-state index contributed by atoms with van der Waals surface area (Å²) in [6.45, 7) is -0.237. The molecule has 0 aliphatic rings. The molecule has 0 saturated heterocycles. The average molecular weight is 323 g/mol. The van der Waals surface area contributed by atoms with Crippen LogP contribution in [0.25, 0.3) is 0 Å². The second-order valence-corrected chi connectivity index (χ2v) is 6.60. The molecule has 0 unspecified atom stereocenters. The van der Waals surface area contributed by atoms with Gasteiger partial charge in [-0.05, 0) is 48.5 Å². The van der Waals surface area contributed by atoms with E-state index in [0.717, 1.165) is 6.26 Å². The van der Waals surface area contributed by atoms with Crippen LogP contribution < -0.4 is 10.1 Å². The van der Waals surface area contributed by atoms with Crippen LogP contribution in [0.4, 0.5) is 10.1 Å². The number of sulfone groups is 1. The van der Waals surface area contributed by atoms with Gasteiger partial charge in [-0.25, -0.2) is 12.8 Å². The highest BCUT2D eigenvalue weighted by Crippen LogP contribution is 2.14. The molecular formula is C15H14FNO4S. The molecule has 1 amide bonds. The lowest BCUT2D eigenvalue weighted by Crippen LogP contribution is -2.20. The van der Waals surface area contributed by atoms with E-state index in [1.807, 2.05) is 0 Å². The van der Waals surface area contributed by atoms with Gasteiger partial charge in [-0.2, -0.15) is 0 Å². The molecule has 5 nitrogen and oxygen atoms in total. The molecule has 0 bridgehead atoms. The van der Waals surface area contributed by atoms with Gasteiger partial charge in [-0.3, -0.25) is 4.79 Å². The Morgan fingerprint density at radius 3 is 2.23 bits per heavy atom. The summed E-state index contributed by atoms with van der Waals surface area (Å²) in [6.07, 6.45) is 1.11. The Hall–Kier alpha value is -2.41. The van der Waals surface area contributed by atoms with Crippen molar-refractivity contribution in [3.63, 3.8) is 0 Å². The monoisotopic (exact) mass is 323 g/mol. The zero-order valence-corrected chi connectivity index (χ0v) is 12.6. The number of amides is 1. The Balaban J connectivity index is 1.90. The van der Waals surface area contributed by atoms with Crippen LogP contribution in [0.5, 0.6) is 5.75 Å². The number of nitrogens with one attached hydrogen (secondary N) is 1. The molecule has 0 aliphatic heterocycles. The molecule has 0 heterocycles. The number of anilines is 1. The SMILES string of the molecule is CS(=O)(=O)c1ccc(NC(=O)COc2ccc(F)cc2)cc1. The molecule has 2 aromatic carbocycles. The van der Waals surface area contributed by atoms with Gasteiger partial charge in [0.1, 0.15) is 11.6 Å². The standard InChI is InChI=1S/C15H14FNO4S/c1-22(19,20)14-8-4-12(5-9-14)17-15(18)10-21-13-6-2-11(16)3-7-13/h2-9H,10H2,1H3,(H,17,18). The van der Waals surface area contributed by atoms with Crippen LogP contribution in [0.1, 0.15) is 0 Å². The fourth-order valence-electron chi connectivity index (χ4n) is 1.66. The molecule has 0 spiro atoms. The second kappa shape index (κ2) is 6.57. The molecule has 1 N–H and O–H groups in total. The Labute approximate surface area is 127 Å². The number of halogens is 1. The second-order valence-electron chi connectivity index (χ2n) is 4.59. The first-order valence-corrected chi connectivity index (χ1v) is 8.22. The number of carbonyl (C=O) groups is 1. The number of hydrogen-bond donors (Lipinski definition) is 1. The van der Waals surface area contributed by atoms with Crippen LogP contribution in [0.2, 0.25) is 0 Å². The van der Waals surface area contributed by atoms with E-state index >= 15 is 0 Å². The van der Waals surface area contributed by atoms with Crippen molar-refractivity contribution in [1.82, 2.24) is 0 Å². The molecule has 2 rings (SSSR count). The van der Waals surface area contributed by atoms with Crippen molar-refractivity contribution in [3.8, 4) is 5.75 Å². The molecule has 0 saturated carbocycles. The van der Waals surface area contributed by atoms with Gasteiger partial charge in [0, 0.05) is 11.9 Å². The summed E-state index contributed by atoms with van der Waals surface area (Å²) >= 11 is 0. The highest BCUT2D eigenvalue weighted by Gasteiger charge is 2.08. The van der Waals surface area contributed by atoms with E-state index in [0.29, 0.717) is 11.4 Å². The average Bonchev–Trinajstić information content (AvgIpc) is 2.46. The number of carbonyl (C=O) groups excluding carboxylic acids is 1. The van der Waals surface area contributed by atoms with Gasteiger partial charge in [-0.1, -0.05) is 0 Å². The molecule has 0 atom stereocenters. The van der Waals surface area contributed by atoms with Crippen molar-refractivity contribution in [2.75, 3.05) is 18.2 Å². The van der Waals surface area contributed by atoms with Gasteiger partial charge in [0.15, 0.2) is 16.4 Å². The van der Waals surface area contributed by atoms with Gasteiger partial charge >= 0.3 is 0 Å². The van der Waals surface area contributed by atoms with E-state index < -0.39 is 15.7 Å². The first kappa shape index (κ1) is 16.0. The molecule has 116 valence electrons. The molecular weight excluding hydrogens is 309 g/mol. The van der Waals surface area contributed by atoms with Crippen LogP contribution in [0.3, 0.4) is 0 Å². The van der Waals surface area contributed by atoms with Crippen molar-refractivity contribution in [1.29, 1.82) is 0 Å². The highest BCUT2D eigenvalue weighted by molar-refractivity contribution is 7.90. The third-order valence-corrected chi connectivity index (χ3v) is 3.88. The van der Waals surface area contributed by atoms with Crippen LogP contribution in [-0.2, 0) is 14.6 Å². The van der Waals surface area contributed by atoms with Crippen LogP contribution >= 0.6 is 0 Å². The lowest BCUT2D eigenvalue weighted by Gasteiger charge is -2.08. The predicted octanol–water partition coefficient (Wildman–Crippen LogP) is 2.25. The van der Waals surface area contributed by atoms with Gasteiger partial charge in [0.2, 0.25) is 0 Å². The van der Waals surface area contributed by atoms with Crippen LogP contribution in [0, 0.1) is 5.82 Å². The lowest BCUT2D eigenvalue weighted by atomic mass is 10.3. The maximum Gasteiger partial charge on any atom is 0.262 e. The van der Waals surface area contributed by atoms with E-state index in [1.54, 1.807) is 0 Å². The molecule has 0 radical (unpaired) electrons. The minimum Gasteiger partial charge on any atom is -0.484 e. The summed E-state index contributed by atoms with van der Waals surface area (Å²) in [6, 6.07) is 11.1. The topological polar surface area (TPSA) is 72.5 Å². The maximum absolute atomic E-state index is 12.7. The smallest absolute Gasteiger partial charge is 0.262 e. The summed E-state index contributed by atoms with van der Waals surface area (Å²) in [4.78, 5) is 11.9. The van der Waals surface area contributed by atoms with Crippen LogP contribution in [0.15, 0.2) is 53.4 Å². The van der Waals surface area contributed by atoms with Gasteiger partial charge in [0.25, 0.3) is 5.91 Å². The molecule has 2 aromatic rings. The fourth-order valence-corrected chi connectivity index (χ4v) is 2.29. The van der Waals surface area contributed by atoms with E-state index in [1.165, 1.54) is 48.5 Å². The maximum atomic E-state index is 12.7. The molecule has 22 heavy (non-hydrogen) atoms. The summed E-state index contributed by atoms with van der Waals surface area (Å²) in [5.41, 5.74) is 0.458. The van der Waals surface area contributed by atoms with E-state index in [-0.39, 0.29) is 17.3 Å². The molecule has 0 aliphatic carbocycles. The quantitative estimate of drug-likeness (QED) is 0.916. The van der Waals surface area contributed by atoms with Gasteiger partial charge in [-0.15, -0.1) is 0 Å². The van der Waals surface area contributed by atoms with Gasteiger partial charge < -0.3 is 10.1 Å². The van der Waals surface area contributed by atoms with Crippen molar-refractivity contribution in [2.24, 2.45) is 0 Å². The fraction of sp³-hybridized carbons (Fsp3) is 0.133. The zero-order valence-electron chi connectivity index (χ0n) is 11.7. The Morgan fingerprint density at radius 1 is 1.09 bits per heavy atom. The Bertz CT molecular complexity index is 755. The molecule has 0 aromatic heterocycles. The van der Waals surface area contributed by atoms with Gasteiger partial charge in [0.05, 0.1) is 4.90 Å². The Kier molecular flexibility index (Phi) is 4.77. The first-order valence-electron chi connectivity index (χ1n) is 6.33. The number of hydrogen-bond acceptors (Lipinski definition) is 4. The summed E-state index contributed by atoms with van der Waals surface area (Å²) in [7, 11) is -3.27. The normalized spacial score (nSPS) is 11.0. The molecule has 0 fully saturated rings. The van der Waals surface area contributed by atoms with Crippen molar-refractivity contribution < 1.29 is 22.3 Å². The van der Waals surface area contributed by atoms with Crippen molar-refractivity contribution >= 4 is 21.4 Å².